The van der Waals surface area contributed by atoms with Gasteiger partial charge in [-0.05, 0) is 13.3 Å². The van der Waals surface area contributed by atoms with Crippen LogP contribution in [0.1, 0.15) is 31.7 Å². The van der Waals surface area contributed by atoms with E-state index in [0.717, 1.165) is 18.5 Å². The van der Waals surface area contributed by atoms with Crippen LogP contribution in [0, 0.1) is 0 Å². The molecule has 4 heteroatoms. The molecule has 1 rings (SSSR count). The van der Waals surface area contributed by atoms with E-state index in [1.165, 1.54) is 7.11 Å². The van der Waals surface area contributed by atoms with Crippen LogP contribution in [0.4, 0.5) is 0 Å². The summed E-state index contributed by atoms with van der Waals surface area (Å²) in [5.41, 5.74) is 0.932. The van der Waals surface area contributed by atoms with E-state index in [0.29, 0.717) is 0 Å². The average Bonchev–Trinajstić information content (AvgIpc) is 2.67. The highest BCUT2D eigenvalue weighted by molar-refractivity contribution is 5.77. The van der Waals surface area contributed by atoms with E-state index >= 15 is 0 Å². The van der Waals surface area contributed by atoms with E-state index in [4.69, 9.17) is 4.74 Å². The van der Waals surface area contributed by atoms with Crippen LogP contribution in [-0.4, -0.2) is 22.9 Å². The molecule has 1 atom stereocenters. The second-order valence-corrected chi connectivity index (χ2v) is 3.11. The second kappa shape index (κ2) is 4.79. The topological polar surface area (TPSA) is 44.1 Å². The zero-order valence-electron chi connectivity index (χ0n) is 8.86. The Morgan fingerprint density at radius 3 is 2.79 bits per heavy atom. The summed E-state index contributed by atoms with van der Waals surface area (Å²) >= 11 is 0. The van der Waals surface area contributed by atoms with Crippen molar-refractivity contribution in [3.63, 3.8) is 0 Å². The van der Waals surface area contributed by atoms with Crippen LogP contribution < -0.4 is 0 Å². The molecular weight excluding hydrogens is 180 g/mol. The third-order valence-corrected chi connectivity index (χ3v) is 2.27. The van der Waals surface area contributed by atoms with E-state index in [1.54, 1.807) is 10.9 Å². The third kappa shape index (κ3) is 2.13. The number of methoxy groups -OCH3 is 1. The SMILES string of the molecule is CCC(C(=O)OC)c1cnn(CC)c1. The lowest BCUT2D eigenvalue weighted by molar-refractivity contribution is -0.142. The van der Waals surface area contributed by atoms with Gasteiger partial charge >= 0.3 is 5.97 Å². The number of aromatic nitrogens is 2. The fraction of sp³-hybridized carbons (Fsp3) is 0.600. The Morgan fingerprint density at radius 2 is 2.36 bits per heavy atom. The molecule has 0 radical (unpaired) electrons. The van der Waals surface area contributed by atoms with Crippen LogP contribution in [-0.2, 0) is 16.1 Å². The van der Waals surface area contributed by atoms with E-state index < -0.39 is 0 Å². The standard InChI is InChI=1S/C10H16N2O2/c1-4-9(10(13)14-3)8-6-11-12(5-2)7-8/h6-7,9H,4-5H2,1-3H3. The van der Waals surface area contributed by atoms with Gasteiger partial charge in [0.15, 0.2) is 0 Å². The number of nitrogens with zero attached hydrogens (tertiary/aromatic N) is 2. The Morgan fingerprint density at radius 1 is 1.64 bits per heavy atom. The fourth-order valence-corrected chi connectivity index (χ4v) is 1.41. The highest BCUT2D eigenvalue weighted by Crippen LogP contribution is 2.19. The van der Waals surface area contributed by atoms with Crippen LogP contribution in [0.2, 0.25) is 0 Å². The maximum absolute atomic E-state index is 11.4. The van der Waals surface area contributed by atoms with Crippen molar-refractivity contribution in [2.24, 2.45) is 0 Å². The Bertz CT molecular complexity index is 307. The summed E-state index contributed by atoms with van der Waals surface area (Å²) in [4.78, 5) is 11.4. The van der Waals surface area contributed by atoms with E-state index in [-0.39, 0.29) is 11.9 Å². The Balaban J connectivity index is 2.83. The molecule has 0 aromatic carbocycles. The predicted molar refractivity (Wildman–Crippen MR) is 52.9 cm³/mol. The first-order chi connectivity index (χ1) is 6.72. The molecule has 0 saturated heterocycles. The van der Waals surface area contributed by atoms with E-state index in [1.807, 2.05) is 20.0 Å². The predicted octanol–water partition coefficient (Wildman–Crippen LogP) is 1.57. The summed E-state index contributed by atoms with van der Waals surface area (Å²) in [6.45, 7) is 4.79. The first-order valence-electron chi connectivity index (χ1n) is 4.83. The minimum Gasteiger partial charge on any atom is -0.469 e. The molecule has 0 aliphatic carbocycles. The summed E-state index contributed by atoms with van der Waals surface area (Å²) in [5.74, 6) is -0.372. The normalized spacial score (nSPS) is 12.5. The van der Waals surface area contributed by atoms with Crippen molar-refractivity contribution in [3.05, 3.63) is 18.0 Å². The van der Waals surface area contributed by atoms with Gasteiger partial charge < -0.3 is 4.74 Å². The largest absolute Gasteiger partial charge is 0.469 e. The van der Waals surface area contributed by atoms with Gasteiger partial charge in [0.2, 0.25) is 0 Å². The molecule has 0 amide bonds. The van der Waals surface area contributed by atoms with Crippen molar-refractivity contribution in [1.29, 1.82) is 0 Å². The van der Waals surface area contributed by atoms with Crippen molar-refractivity contribution in [1.82, 2.24) is 9.78 Å². The highest BCUT2D eigenvalue weighted by atomic mass is 16.5. The summed E-state index contributed by atoms with van der Waals surface area (Å²) in [6, 6.07) is 0. The van der Waals surface area contributed by atoms with Crippen LogP contribution in [0.15, 0.2) is 12.4 Å². The number of aryl methyl sites for hydroxylation is 1. The molecule has 0 aliphatic heterocycles. The molecule has 1 heterocycles. The minimum atomic E-state index is -0.192. The van der Waals surface area contributed by atoms with Gasteiger partial charge in [-0.1, -0.05) is 6.92 Å². The summed E-state index contributed by atoms with van der Waals surface area (Å²) in [6.07, 6.45) is 4.36. The monoisotopic (exact) mass is 196 g/mol. The number of esters is 1. The fourth-order valence-electron chi connectivity index (χ4n) is 1.41. The lowest BCUT2D eigenvalue weighted by Crippen LogP contribution is -2.12. The average molecular weight is 196 g/mol. The molecule has 78 valence electrons. The van der Waals surface area contributed by atoms with Crippen LogP contribution in [0.3, 0.4) is 0 Å². The van der Waals surface area contributed by atoms with E-state index in [2.05, 4.69) is 5.10 Å². The first-order valence-corrected chi connectivity index (χ1v) is 4.83. The smallest absolute Gasteiger partial charge is 0.313 e. The van der Waals surface area contributed by atoms with Gasteiger partial charge in [0.1, 0.15) is 0 Å². The summed E-state index contributed by atoms with van der Waals surface area (Å²) in [7, 11) is 1.41. The molecule has 0 bridgehead atoms. The molecule has 0 N–H and O–H groups in total. The highest BCUT2D eigenvalue weighted by Gasteiger charge is 2.20. The van der Waals surface area contributed by atoms with Crippen LogP contribution in [0.5, 0.6) is 0 Å². The molecule has 0 saturated carbocycles. The number of rotatable bonds is 4. The first kappa shape index (κ1) is 10.8. The van der Waals surface area contributed by atoms with Crippen LogP contribution in [0.25, 0.3) is 0 Å². The number of carbonyl (C=O) groups is 1. The van der Waals surface area contributed by atoms with Crippen molar-refractivity contribution < 1.29 is 9.53 Å². The van der Waals surface area contributed by atoms with Gasteiger partial charge in [-0.15, -0.1) is 0 Å². The lowest BCUT2D eigenvalue weighted by atomic mass is 10.0. The zero-order valence-corrected chi connectivity index (χ0v) is 8.86. The van der Waals surface area contributed by atoms with E-state index in [9.17, 15) is 4.79 Å². The Hall–Kier alpha value is -1.32. The molecule has 4 nitrogen and oxygen atoms in total. The Labute approximate surface area is 83.9 Å². The van der Waals surface area contributed by atoms with Gasteiger partial charge in [0, 0.05) is 18.3 Å². The van der Waals surface area contributed by atoms with Gasteiger partial charge in [-0.3, -0.25) is 9.48 Å². The molecule has 1 aromatic heterocycles. The molecule has 0 fully saturated rings. The van der Waals surface area contributed by atoms with Gasteiger partial charge in [-0.2, -0.15) is 5.10 Å². The molecule has 0 aliphatic rings. The van der Waals surface area contributed by atoms with Crippen molar-refractivity contribution in [3.8, 4) is 0 Å². The van der Waals surface area contributed by atoms with Crippen molar-refractivity contribution >= 4 is 5.97 Å². The van der Waals surface area contributed by atoms with Crippen LogP contribution >= 0.6 is 0 Å². The molecule has 1 unspecified atom stereocenters. The van der Waals surface area contributed by atoms with Gasteiger partial charge in [0.05, 0.1) is 19.2 Å². The maximum Gasteiger partial charge on any atom is 0.313 e. The number of hydrogen-bond donors (Lipinski definition) is 0. The lowest BCUT2D eigenvalue weighted by Gasteiger charge is -2.09. The second-order valence-electron chi connectivity index (χ2n) is 3.11. The van der Waals surface area contributed by atoms with Crippen molar-refractivity contribution in [2.75, 3.05) is 7.11 Å². The quantitative estimate of drug-likeness (QED) is 0.686. The maximum atomic E-state index is 11.4. The van der Waals surface area contributed by atoms with Gasteiger partial charge in [0.25, 0.3) is 0 Å². The number of carbonyl (C=O) groups excluding carboxylic acids is 1. The van der Waals surface area contributed by atoms with Crippen molar-refractivity contribution in [2.45, 2.75) is 32.7 Å². The number of hydrogen-bond acceptors (Lipinski definition) is 3. The zero-order chi connectivity index (χ0) is 10.6. The number of ether oxygens (including phenoxy) is 1. The third-order valence-electron chi connectivity index (χ3n) is 2.27. The summed E-state index contributed by atoms with van der Waals surface area (Å²) < 4.78 is 6.53. The molecule has 0 spiro atoms. The minimum absolute atomic E-state index is 0.180. The van der Waals surface area contributed by atoms with Gasteiger partial charge in [-0.25, -0.2) is 0 Å². The Kier molecular flexibility index (Phi) is 3.68. The summed E-state index contributed by atoms with van der Waals surface area (Å²) in [5, 5.41) is 4.13. The molecule has 14 heavy (non-hydrogen) atoms. The molecule has 1 aromatic rings. The molecular formula is C10H16N2O2.